The van der Waals surface area contributed by atoms with Crippen LogP contribution < -0.4 is 5.73 Å². The number of hydrogen-bond donors (Lipinski definition) is 1. The van der Waals surface area contributed by atoms with E-state index in [9.17, 15) is 0 Å². The summed E-state index contributed by atoms with van der Waals surface area (Å²) in [4.78, 5) is 0. The van der Waals surface area contributed by atoms with Gasteiger partial charge < -0.3 is 5.73 Å². The maximum Gasteiger partial charge on any atom is 0.0643 e. The van der Waals surface area contributed by atoms with Crippen LogP contribution in [0.1, 0.15) is 50.0 Å². The second kappa shape index (κ2) is 7.43. The first kappa shape index (κ1) is 16.5. The van der Waals surface area contributed by atoms with Crippen molar-refractivity contribution < 1.29 is 0 Å². The molecule has 1 atom stereocenters. The van der Waals surface area contributed by atoms with Gasteiger partial charge in [-0.05, 0) is 52.5 Å². The van der Waals surface area contributed by atoms with E-state index in [-0.39, 0.29) is 6.04 Å². The minimum absolute atomic E-state index is 0.0800. The number of nitrogens with zero attached hydrogens (tertiary/aromatic N) is 2. The lowest BCUT2D eigenvalue weighted by Crippen LogP contribution is -2.14. The van der Waals surface area contributed by atoms with E-state index in [1.807, 2.05) is 18.2 Å². The molecule has 0 aliphatic heterocycles. The van der Waals surface area contributed by atoms with Crippen molar-refractivity contribution in [3.63, 3.8) is 0 Å². The Bertz CT molecular complexity index is 593. The summed E-state index contributed by atoms with van der Waals surface area (Å²) < 4.78 is 2.93. The smallest absolute Gasteiger partial charge is 0.0643 e. The molecule has 0 aliphatic carbocycles. The van der Waals surface area contributed by atoms with Crippen LogP contribution in [0, 0.1) is 0 Å². The Morgan fingerprint density at radius 1 is 1.29 bits per heavy atom. The SMILES string of the molecule is CCC(CC)n1ccc(CC(N)c2ccc(Cl)c(Br)c2)n1. The Morgan fingerprint density at radius 3 is 2.62 bits per heavy atom. The molecule has 5 heteroatoms. The number of halogens is 2. The van der Waals surface area contributed by atoms with E-state index in [2.05, 4.69) is 51.8 Å². The van der Waals surface area contributed by atoms with Crippen LogP contribution in [-0.2, 0) is 6.42 Å². The molecular weight excluding hydrogens is 350 g/mol. The fraction of sp³-hybridized carbons (Fsp3) is 0.438. The largest absolute Gasteiger partial charge is 0.324 e. The lowest BCUT2D eigenvalue weighted by Gasteiger charge is -2.13. The highest BCUT2D eigenvalue weighted by Gasteiger charge is 2.13. The van der Waals surface area contributed by atoms with Gasteiger partial charge in [0, 0.05) is 23.1 Å². The Morgan fingerprint density at radius 2 is 2.00 bits per heavy atom. The van der Waals surface area contributed by atoms with Crippen molar-refractivity contribution in [3.8, 4) is 0 Å². The summed E-state index contributed by atoms with van der Waals surface area (Å²) in [5.41, 5.74) is 8.37. The number of rotatable bonds is 6. The van der Waals surface area contributed by atoms with Gasteiger partial charge in [-0.15, -0.1) is 0 Å². The quantitative estimate of drug-likeness (QED) is 0.785. The van der Waals surface area contributed by atoms with E-state index >= 15 is 0 Å². The maximum absolute atomic E-state index is 6.28. The van der Waals surface area contributed by atoms with Crippen LogP contribution in [-0.4, -0.2) is 9.78 Å². The standard InChI is InChI=1S/C16H21BrClN3/c1-3-13(4-2)21-8-7-12(20-21)10-16(19)11-5-6-15(18)14(17)9-11/h5-9,13,16H,3-4,10,19H2,1-2H3. The molecule has 1 heterocycles. The zero-order valence-electron chi connectivity index (χ0n) is 12.4. The summed E-state index contributed by atoms with van der Waals surface area (Å²) in [5, 5.41) is 5.35. The average Bonchev–Trinajstić information content (AvgIpc) is 2.91. The Labute approximate surface area is 139 Å². The van der Waals surface area contributed by atoms with E-state index in [0.29, 0.717) is 11.1 Å². The summed E-state index contributed by atoms with van der Waals surface area (Å²) in [7, 11) is 0. The monoisotopic (exact) mass is 369 g/mol. The van der Waals surface area contributed by atoms with Crippen LogP contribution in [0.15, 0.2) is 34.9 Å². The van der Waals surface area contributed by atoms with Crippen LogP contribution in [0.3, 0.4) is 0 Å². The van der Waals surface area contributed by atoms with Crippen molar-refractivity contribution in [1.82, 2.24) is 9.78 Å². The molecule has 0 saturated carbocycles. The van der Waals surface area contributed by atoms with E-state index in [1.54, 1.807) is 0 Å². The van der Waals surface area contributed by atoms with Crippen LogP contribution in [0.5, 0.6) is 0 Å². The van der Waals surface area contributed by atoms with Crippen molar-refractivity contribution in [2.75, 3.05) is 0 Å². The van der Waals surface area contributed by atoms with Gasteiger partial charge in [0.1, 0.15) is 0 Å². The first-order chi connectivity index (χ1) is 10.0. The third kappa shape index (κ3) is 4.09. The predicted molar refractivity (Wildman–Crippen MR) is 91.6 cm³/mol. The van der Waals surface area contributed by atoms with E-state index in [1.165, 1.54) is 0 Å². The third-order valence-electron chi connectivity index (χ3n) is 3.78. The molecule has 2 rings (SSSR count). The molecule has 0 fully saturated rings. The van der Waals surface area contributed by atoms with Crippen molar-refractivity contribution in [2.24, 2.45) is 5.73 Å². The number of nitrogens with two attached hydrogens (primary N) is 1. The number of aromatic nitrogens is 2. The van der Waals surface area contributed by atoms with Crippen LogP contribution in [0.4, 0.5) is 0 Å². The topological polar surface area (TPSA) is 43.8 Å². The van der Waals surface area contributed by atoms with Crippen LogP contribution in [0.25, 0.3) is 0 Å². The molecule has 0 radical (unpaired) electrons. The first-order valence-electron chi connectivity index (χ1n) is 7.29. The number of hydrogen-bond acceptors (Lipinski definition) is 2. The highest BCUT2D eigenvalue weighted by molar-refractivity contribution is 9.10. The highest BCUT2D eigenvalue weighted by atomic mass is 79.9. The molecule has 1 unspecified atom stereocenters. The fourth-order valence-electron chi connectivity index (χ4n) is 2.44. The predicted octanol–water partition coefficient (Wildman–Crippen LogP) is 4.90. The molecule has 0 saturated heterocycles. The van der Waals surface area contributed by atoms with Gasteiger partial charge in [0.2, 0.25) is 0 Å². The van der Waals surface area contributed by atoms with Crippen molar-refractivity contribution in [1.29, 1.82) is 0 Å². The van der Waals surface area contributed by atoms with Crippen LogP contribution in [0.2, 0.25) is 5.02 Å². The molecule has 21 heavy (non-hydrogen) atoms. The first-order valence-corrected chi connectivity index (χ1v) is 8.46. The lowest BCUT2D eigenvalue weighted by atomic mass is 10.0. The third-order valence-corrected chi connectivity index (χ3v) is 4.99. The van der Waals surface area contributed by atoms with Gasteiger partial charge in [-0.25, -0.2) is 0 Å². The molecule has 0 spiro atoms. The van der Waals surface area contributed by atoms with Gasteiger partial charge in [0.25, 0.3) is 0 Å². The average molecular weight is 371 g/mol. The van der Waals surface area contributed by atoms with Gasteiger partial charge in [0.15, 0.2) is 0 Å². The van der Waals surface area contributed by atoms with Gasteiger partial charge >= 0.3 is 0 Å². The van der Waals surface area contributed by atoms with Crippen molar-refractivity contribution in [3.05, 3.63) is 51.2 Å². The van der Waals surface area contributed by atoms with E-state index < -0.39 is 0 Å². The molecule has 3 nitrogen and oxygen atoms in total. The zero-order chi connectivity index (χ0) is 15.4. The normalized spacial score (nSPS) is 12.9. The summed E-state index contributed by atoms with van der Waals surface area (Å²) >= 11 is 9.45. The van der Waals surface area contributed by atoms with Crippen LogP contribution >= 0.6 is 27.5 Å². The van der Waals surface area contributed by atoms with E-state index in [0.717, 1.165) is 35.0 Å². The minimum Gasteiger partial charge on any atom is -0.324 e. The van der Waals surface area contributed by atoms with Crippen molar-refractivity contribution >= 4 is 27.5 Å². The maximum atomic E-state index is 6.28. The minimum atomic E-state index is -0.0800. The molecule has 0 aliphatic rings. The lowest BCUT2D eigenvalue weighted by molar-refractivity contribution is 0.424. The highest BCUT2D eigenvalue weighted by Crippen LogP contribution is 2.26. The van der Waals surface area contributed by atoms with E-state index in [4.69, 9.17) is 17.3 Å². The Balaban J connectivity index is 2.08. The summed E-state index contributed by atoms with van der Waals surface area (Å²) in [6.45, 7) is 4.37. The van der Waals surface area contributed by atoms with Gasteiger partial charge in [-0.3, -0.25) is 4.68 Å². The van der Waals surface area contributed by atoms with Gasteiger partial charge in [0.05, 0.1) is 16.8 Å². The molecule has 114 valence electrons. The fourth-order valence-corrected chi connectivity index (χ4v) is 2.95. The molecule has 2 N–H and O–H groups in total. The molecule has 2 aromatic rings. The van der Waals surface area contributed by atoms with Gasteiger partial charge in [-0.2, -0.15) is 5.10 Å². The summed E-state index contributed by atoms with van der Waals surface area (Å²) in [6, 6.07) is 8.26. The molecule has 1 aromatic carbocycles. The second-order valence-electron chi connectivity index (χ2n) is 5.24. The van der Waals surface area contributed by atoms with Crippen molar-refractivity contribution in [2.45, 2.75) is 45.2 Å². The molecular formula is C16H21BrClN3. The molecule has 0 bridgehead atoms. The summed E-state index contributed by atoms with van der Waals surface area (Å²) in [6.07, 6.45) is 4.96. The zero-order valence-corrected chi connectivity index (χ0v) is 14.7. The number of benzene rings is 1. The second-order valence-corrected chi connectivity index (χ2v) is 6.50. The summed E-state index contributed by atoms with van der Waals surface area (Å²) in [5.74, 6) is 0. The molecule has 0 amide bonds. The Hall–Kier alpha value is -0.840. The molecule has 1 aromatic heterocycles. The van der Waals surface area contributed by atoms with Gasteiger partial charge in [-0.1, -0.05) is 31.5 Å². The Kier molecular flexibility index (Phi) is 5.85.